The standard InChI is InChI=1S/C13H10F3O3S2/c14-13(15,16)21(17,18)19-20(11-7-3-1-4-8-11)12-9-5-2-6-10-12/h1-10H/q+1. The molecule has 0 radical (unpaired) electrons. The Labute approximate surface area is 123 Å². The molecule has 0 fully saturated rings. The molecule has 0 aliphatic heterocycles. The lowest BCUT2D eigenvalue weighted by atomic mass is 10.4. The normalized spacial score (nSPS) is 12.6. The largest absolute Gasteiger partial charge is 0.527 e. The predicted molar refractivity (Wildman–Crippen MR) is 72.8 cm³/mol. The molecule has 2 aromatic rings. The van der Waals surface area contributed by atoms with E-state index in [0.717, 1.165) is 0 Å². The van der Waals surface area contributed by atoms with Crippen LogP contribution in [0.1, 0.15) is 0 Å². The molecule has 0 heterocycles. The van der Waals surface area contributed by atoms with Crippen molar-refractivity contribution >= 4 is 21.3 Å². The molecular formula is C13H10F3O3S2+. The highest BCUT2D eigenvalue weighted by molar-refractivity contribution is 8.03. The van der Waals surface area contributed by atoms with Crippen LogP contribution >= 0.6 is 0 Å². The van der Waals surface area contributed by atoms with E-state index < -0.39 is 26.8 Å². The third-order valence-electron chi connectivity index (χ3n) is 2.36. The second-order valence-corrected chi connectivity index (χ2v) is 7.26. The van der Waals surface area contributed by atoms with Gasteiger partial charge in [0.1, 0.15) is 0 Å². The molecule has 0 unspecified atom stereocenters. The van der Waals surface area contributed by atoms with Crippen molar-refractivity contribution in [1.29, 1.82) is 0 Å². The van der Waals surface area contributed by atoms with Gasteiger partial charge >= 0.3 is 15.6 Å². The van der Waals surface area contributed by atoms with E-state index in [9.17, 15) is 21.6 Å². The number of alkyl halides is 3. The highest BCUT2D eigenvalue weighted by Crippen LogP contribution is 2.32. The zero-order chi connectivity index (χ0) is 15.5. The maximum absolute atomic E-state index is 12.5. The van der Waals surface area contributed by atoms with E-state index in [0.29, 0.717) is 9.79 Å². The molecule has 0 saturated heterocycles. The molecule has 2 aromatic carbocycles. The third kappa shape index (κ3) is 3.78. The van der Waals surface area contributed by atoms with Gasteiger partial charge in [0, 0.05) is 0 Å². The lowest BCUT2D eigenvalue weighted by Gasteiger charge is -2.08. The van der Waals surface area contributed by atoms with Gasteiger partial charge in [0.25, 0.3) is 0 Å². The van der Waals surface area contributed by atoms with E-state index in [1.54, 1.807) is 36.4 Å². The molecule has 3 nitrogen and oxygen atoms in total. The van der Waals surface area contributed by atoms with Gasteiger partial charge in [-0.25, -0.2) is 0 Å². The summed E-state index contributed by atoms with van der Waals surface area (Å²) in [6.45, 7) is 0. The minimum Gasteiger partial charge on any atom is -0.185 e. The molecule has 0 bridgehead atoms. The molecule has 0 spiro atoms. The van der Waals surface area contributed by atoms with Gasteiger partial charge in [-0.15, -0.1) is 0 Å². The molecule has 21 heavy (non-hydrogen) atoms. The van der Waals surface area contributed by atoms with Crippen LogP contribution in [0.25, 0.3) is 0 Å². The fraction of sp³-hybridized carbons (Fsp3) is 0.0769. The maximum Gasteiger partial charge on any atom is 0.527 e. The van der Waals surface area contributed by atoms with Crippen LogP contribution in [-0.4, -0.2) is 13.9 Å². The van der Waals surface area contributed by atoms with E-state index >= 15 is 0 Å². The predicted octanol–water partition coefficient (Wildman–Crippen LogP) is 3.50. The second-order valence-electron chi connectivity index (χ2n) is 3.86. The van der Waals surface area contributed by atoms with Gasteiger partial charge in [0.15, 0.2) is 9.79 Å². The van der Waals surface area contributed by atoms with Gasteiger partial charge in [-0.2, -0.15) is 21.6 Å². The van der Waals surface area contributed by atoms with Crippen LogP contribution in [0.2, 0.25) is 0 Å². The van der Waals surface area contributed by atoms with Crippen LogP contribution in [0, 0.1) is 0 Å². The molecule has 0 amide bonds. The Hall–Kier alpha value is -1.51. The van der Waals surface area contributed by atoms with Crippen molar-refractivity contribution in [1.82, 2.24) is 0 Å². The highest BCUT2D eigenvalue weighted by Gasteiger charge is 2.53. The first-order chi connectivity index (χ1) is 9.81. The molecule has 0 atom stereocenters. The molecular weight excluding hydrogens is 325 g/mol. The zero-order valence-corrected chi connectivity index (χ0v) is 12.1. The van der Waals surface area contributed by atoms with Crippen LogP contribution in [0.3, 0.4) is 0 Å². The lowest BCUT2D eigenvalue weighted by molar-refractivity contribution is -0.0495. The van der Waals surface area contributed by atoms with Crippen molar-refractivity contribution in [2.75, 3.05) is 0 Å². The summed E-state index contributed by atoms with van der Waals surface area (Å²) in [6.07, 6.45) is 0. The number of hydrogen-bond donors (Lipinski definition) is 0. The number of halogens is 3. The van der Waals surface area contributed by atoms with Crippen molar-refractivity contribution in [2.24, 2.45) is 0 Å². The van der Waals surface area contributed by atoms with Gasteiger partial charge in [0.2, 0.25) is 11.2 Å². The summed E-state index contributed by atoms with van der Waals surface area (Å²) in [6, 6.07) is 15.8. The molecule has 0 aromatic heterocycles. The highest BCUT2D eigenvalue weighted by atomic mass is 32.3. The van der Waals surface area contributed by atoms with Gasteiger partial charge < -0.3 is 0 Å². The van der Waals surface area contributed by atoms with Crippen LogP contribution in [-0.2, 0) is 24.9 Å². The van der Waals surface area contributed by atoms with Crippen LogP contribution in [0.5, 0.6) is 0 Å². The molecule has 0 aliphatic rings. The number of rotatable bonds is 4. The van der Waals surface area contributed by atoms with Crippen LogP contribution in [0.15, 0.2) is 70.5 Å². The van der Waals surface area contributed by atoms with Crippen molar-refractivity contribution in [3.05, 3.63) is 60.7 Å². The first-order valence-electron chi connectivity index (χ1n) is 5.67. The topological polar surface area (TPSA) is 43.4 Å². The smallest absolute Gasteiger partial charge is 0.185 e. The Bertz CT molecular complexity index is 646. The fourth-order valence-electron chi connectivity index (χ4n) is 1.43. The van der Waals surface area contributed by atoms with Crippen molar-refractivity contribution < 1.29 is 25.2 Å². The van der Waals surface area contributed by atoms with Gasteiger partial charge in [-0.05, 0) is 27.9 Å². The summed E-state index contributed by atoms with van der Waals surface area (Å²) < 4.78 is 64.5. The average molecular weight is 335 g/mol. The van der Waals surface area contributed by atoms with E-state index in [1.165, 1.54) is 24.3 Å². The van der Waals surface area contributed by atoms with Gasteiger partial charge in [-0.3, -0.25) is 0 Å². The lowest BCUT2D eigenvalue weighted by Crippen LogP contribution is -2.28. The SMILES string of the molecule is O=S(=O)(O[S+](c1ccccc1)c1ccccc1)C(F)(F)F. The zero-order valence-electron chi connectivity index (χ0n) is 10.4. The summed E-state index contributed by atoms with van der Waals surface area (Å²) in [4.78, 5) is 0.688. The first kappa shape index (κ1) is 15.9. The summed E-state index contributed by atoms with van der Waals surface area (Å²) in [5.41, 5.74) is -5.46. The van der Waals surface area contributed by atoms with E-state index in [4.69, 9.17) is 0 Å². The van der Waals surface area contributed by atoms with Crippen molar-refractivity contribution in [2.45, 2.75) is 15.3 Å². The Kier molecular flexibility index (Phi) is 4.60. The quantitative estimate of drug-likeness (QED) is 0.634. The van der Waals surface area contributed by atoms with Crippen LogP contribution in [0.4, 0.5) is 13.2 Å². The fourth-order valence-corrected chi connectivity index (χ4v) is 4.17. The van der Waals surface area contributed by atoms with Crippen molar-refractivity contribution in [3.8, 4) is 0 Å². The Morgan fingerprint density at radius 2 is 1.19 bits per heavy atom. The van der Waals surface area contributed by atoms with Crippen LogP contribution < -0.4 is 0 Å². The molecule has 112 valence electrons. The summed E-state index contributed by atoms with van der Waals surface area (Å²) >= 11 is -1.68. The number of hydrogen-bond acceptors (Lipinski definition) is 3. The minimum atomic E-state index is -5.68. The van der Waals surface area contributed by atoms with E-state index in [1.807, 2.05) is 0 Å². The molecule has 0 aliphatic carbocycles. The van der Waals surface area contributed by atoms with E-state index in [2.05, 4.69) is 3.63 Å². The third-order valence-corrected chi connectivity index (χ3v) is 5.58. The molecule has 0 saturated carbocycles. The van der Waals surface area contributed by atoms with E-state index in [-0.39, 0.29) is 0 Å². The molecule has 2 rings (SSSR count). The second kappa shape index (κ2) is 6.08. The maximum atomic E-state index is 12.5. The first-order valence-corrected chi connectivity index (χ1v) is 8.23. The molecule has 0 N–H and O–H groups in total. The summed E-state index contributed by atoms with van der Waals surface area (Å²) in [5, 5.41) is 0. The Morgan fingerprint density at radius 1 is 0.810 bits per heavy atom. The van der Waals surface area contributed by atoms with Gasteiger partial charge in [0.05, 0.1) is 0 Å². The average Bonchev–Trinajstić information content (AvgIpc) is 2.45. The summed E-state index contributed by atoms with van der Waals surface area (Å²) in [5.74, 6) is 0. The minimum absolute atomic E-state index is 0.344. The monoisotopic (exact) mass is 335 g/mol. The summed E-state index contributed by atoms with van der Waals surface area (Å²) in [7, 11) is -5.68. The number of benzene rings is 2. The molecule has 8 heteroatoms. The Balaban J connectivity index is 2.44. The van der Waals surface area contributed by atoms with Gasteiger partial charge in [-0.1, -0.05) is 36.4 Å². The Morgan fingerprint density at radius 3 is 1.52 bits per heavy atom. The van der Waals surface area contributed by atoms with Crippen molar-refractivity contribution in [3.63, 3.8) is 0 Å².